The predicted molar refractivity (Wildman–Crippen MR) is 108 cm³/mol. The number of aryl methyl sites for hydroxylation is 2. The fraction of sp³-hybridized carbons (Fsp3) is 0.391. The summed E-state index contributed by atoms with van der Waals surface area (Å²) in [6.45, 7) is 1.59. The number of fused-ring (bicyclic) bond motifs is 1. The summed E-state index contributed by atoms with van der Waals surface area (Å²) in [6.07, 6.45) is 12.8. The molecule has 0 unspecified atom stereocenters. The lowest BCUT2D eigenvalue weighted by Gasteiger charge is -2.06. The third-order valence-electron chi connectivity index (χ3n) is 4.92. The number of unbranched alkanes of at least 4 members (excludes halogenated alkanes) is 5. The van der Waals surface area contributed by atoms with Crippen molar-refractivity contribution in [2.24, 2.45) is 7.05 Å². The van der Waals surface area contributed by atoms with Crippen LogP contribution in [0.5, 0.6) is 0 Å². The largest absolute Gasteiger partial charge is 0.462 e. The summed E-state index contributed by atoms with van der Waals surface area (Å²) >= 11 is 0. The van der Waals surface area contributed by atoms with E-state index in [0.717, 1.165) is 19.4 Å². The van der Waals surface area contributed by atoms with Gasteiger partial charge in [0.2, 0.25) is 0 Å². The van der Waals surface area contributed by atoms with Gasteiger partial charge in [-0.2, -0.15) is 0 Å². The number of benzene rings is 1. The van der Waals surface area contributed by atoms with Gasteiger partial charge in [-0.25, -0.2) is 9.36 Å². The number of esters is 1. The maximum absolute atomic E-state index is 11.9. The third-order valence-corrected chi connectivity index (χ3v) is 4.92. The van der Waals surface area contributed by atoms with Crippen LogP contribution in [0.4, 0.5) is 0 Å². The lowest BCUT2D eigenvalue weighted by Crippen LogP contribution is -2.26. The van der Waals surface area contributed by atoms with E-state index in [-0.39, 0.29) is 5.97 Å². The van der Waals surface area contributed by atoms with Gasteiger partial charge in [-0.3, -0.25) is 0 Å². The first-order valence-electron chi connectivity index (χ1n) is 9.90. The standard InChI is InChI=1S/C23H29N2O2/c1-24-16-12-21(13-17-24)23(26)27-19-9-5-3-2-4-8-15-25-18-14-20-10-6-7-11-22(20)25/h6-7,10-14,16-18H,2-5,8-9,15,19H2,1H3/q+1. The van der Waals surface area contributed by atoms with Crippen molar-refractivity contribution in [1.82, 2.24) is 4.57 Å². The van der Waals surface area contributed by atoms with Crippen molar-refractivity contribution in [1.29, 1.82) is 0 Å². The normalized spacial score (nSPS) is 11.0. The number of ether oxygens (including phenoxy) is 1. The number of hydrogen-bond donors (Lipinski definition) is 0. The second-order valence-electron chi connectivity index (χ2n) is 7.08. The number of pyridine rings is 1. The van der Waals surface area contributed by atoms with E-state index in [1.807, 2.05) is 24.0 Å². The van der Waals surface area contributed by atoms with E-state index in [1.54, 1.807) is 12.1 Å². The van der Waals surface area contributed by atoms with Crippen molar-refractivity contribution in [2.75, 3.05) is 6.61 Å². The molecule has 0 fully saturated rings. The maximum Gasteiger partial charge on any atom is 0.338 e. The molecule has 142 valence electrons. The molecule has 4 heteroatoms. The zero-order chi connectivity index (χ0) is 18.9. The highest BCUT2D eigenvalue weighted by Gasteiger charge is 2.08. The van der Waals surface area contributed by atoms with Gasteiger partial charge in [0.1, 0.15) is 7.05 Å². The van der Waals surface area contributed by atoms with Crippen LogP contribution < -0.4 is 4.57 Å². The summed E-state index contributed by atoms with van der Waals surface area (Å²) < 4.78 is 9.58. The fourth-order valence-corrected chi connectivity index (χ4v) is 3.31. The minimum Gasteiger partial charge on any atom is -0.462 e. The molecule has 0 bridgehead atoms. The average molecular weight is 365 g/mol. The first-order valence-corrected chi connectivity index (χ1v) is 9.90. The van der Waals surface area contributed by atoms with E-state index >= 15 is 0 Å². The molecule has 0 saturated heterocycles. The Labute approximate surface area is 161 Å². The van der Waals surface area contributed by atoms with Gasteiger partial charge in [-0.1, -0.05) is 43.9 Å². The van der Waals surface area contributed by atoms with Crippen LogP contribution in [0.15, 0.2) is 61.1 Å². The van der Waals surface area contributed by atoms with Crippen LogP contribution >= 0.6 is 0 Å². The summed E-state index contributed by atoms with van der Waals surface area (Å²) in [5, 5.41) is 1.32. The maximum atomic E-state index is 11.9. The number of para-hydroxylation sites is 1. The number of nitrogens with zero attached hydrogens (tertiary/aromatic N) is 2. The van der Waals surface area contributed by atoms with Crippen molar-refractivity contribution >= 4 is 16.9 Å². The van der Waals surface area contributed by atoms with Crippen LogP contribution in [0.25, 0.3) is 10.9 Å². The lowest BCUT2D eigenvalue weighted by molar-refractivity contribution is -0.671. The van der Waals surface area contributed by atoms with E-state index in [1.165, 1.54) is 36.6 Å². The van der Waals surface area contributed by atoms with Crippen LogP contribution in [0.3, 0.4) is 0 Å². The zero-order valence-electron chi connectivity index (χ0n) is 16.1. The molecule has 2 aromatic heterocycles. The van der Waals surface area contributed by atoms with E-state index < -0.39 is 0 Å². The molecule has 1 aromatic carbocycles. The Morgan fingerprint density at radius 2 is 1.63 bits per heavy atom. The molecule has 0 aliphatic heterocycles. The highest BCUT2D eigenvalue weighted by atomic mass is 16.5. The smallest absolute Gasteiger partial charge is 0.338 e. The molecule has 3 aromatic rings. The van der Waals surface area contributed by atoms with Crippen molar-refractivity contribution in [3.63, 3.8) is 0 Å². The van der Waals surface area contributed by atoms with E-state index in [4.69, 9.17) is 4.74 Å². The quantitative estimate of drug-likeness (QED) is 0.297. The molecule has 0 N–H and O–H groups in total. The van der Waals surface area contributed by atoms with E-state index in [0.29, 0.717) is 12.2 Å². The summed E-state index contributed by atoms with van der Waals surface area (Å²) in [5.41, 5.74) is 1.94. The van der Waals surface area contributed by atoms with Crippen LogP contribution in [0.1, 0.15) is 48.9 Å². The first-order chi connectivity index (χ1) is 13.2. The molecular formula is C23H29N2O2+. The average Bonchev–Trinajstić information content (AvgIpc) is 3.10. The van der Waals surface area contributed by atoms with Gasteiger partial charge in [0.25, 0.3) is 0 Å². The number of rotatable bonds is 10. The Bertz CT molecular complexity index is 852. The van der Waals surface area contributed by atoms with Gasteiger partial charge in [0.05, 0.1) is 12.2 Å². The Morgan fingerprint density at radius 3 is 2.44 bits per heavy atom. The second-order valence-corrected chi connectivity index (χ2v) is 7.08. The molecule has 0 atom stereocenters. The molecule has 0 amide bonds. The molecule has 3 rings (SSSR count). The predicted octanol–water partition coefficient (Wildman–Crippen LogP) is 4.66. The molecule has 4 nitrogen and oxygen atoms in total. The Balaban J connectivity index is 1.23. The van der Waals surface area contributed by atoms with Gasteiger partial charge in [-0.05, 0) is 30.4 Å². The fourth-order valence-electron chi connectivity index (χ4n) is 3.31. The third kappa shape index (κ3) is 5.68. The Hall–Kier alpha value is -2.62. The monoisotopic (exact) mass is 365 g/mol. The Kier molecular flexibility index (Phi) is 7.03. The van der Waals surface area contributed by atoms with Crippen LogP contribution in [0.2, 0.25) is 0 Å². The van der Waals surface area contributed by atoms with Crippen molar-refractivity contribution in [3.05, 3.63) is 66.6 Å². The minimum absolute atomic E-state index is 0.227. The highest BCUT2D eigenvalue weighted by molar-refractivity contribution is 5.89. The van der Waals surface area contributed by atoms with Crippen molar-refractivity contribution in [3.8, 4) is 0 Å². The lowest BCUT2D eigenvalue weighted by atomic mass is 10.1. The van der Waals surface area contributed by atoms with Crippen LogP contribution in [0, 0.1) is 0 Å². The highest BCUT2D eigenvalue weighted by Crippen LogP contribution is 2.16. The molecule has 27 heavy (non-hydrogen) atoms. The van der Waals surface area contributed by atoms with E-state index in [2.05, 4.69) is 41.1 Å². The molecule has 0 aliphatic rings. The summed E-state index contributed by atoms with van der Waals surface area (Å²) in [6, 6.07) is 14.3. The number of carbonyl (C=O) groups is 1. The van der Waals surface area contributed by atoms with Crippen LogP contribution in [-0.4, -0.2) is 17.1 Å². The number of aromatic nitrogens is 2. The van der Waals surface area contributed by atoms with Crippen molar-refractivity contribution < 1.29 is 14.1 Å². The minimum atomic E-state index is -0.227. The van der Waals surface area contributed by atoms with E-state index in [9.17, 15) is 4.79 Å². The SMILES string of the molecule is C[n+]1ccc(C(=O)OCCCCCCCCn2ccc3ccccc32)cc1. The van der Waals surface area contributed by atoms with Gasteiger partial charge >= 0.3 is 5.97 Å². The molecule has 0 aliphatic carbocycles. The zero-order valence-corrected chi connectivity index (χ0v) is 16.1. The number of hydrogen-bond acceptors (Lipinski definition) is 2. The Morgan fingerprint density at radius 1 is 0.926 bits per heavy atom. The molecule has 0 radical (unpaired) electrons. The van der Waals surface area contributed by atoms with Crippen molar-refractivity contribution in [2.45, 2.75) is 45.1 Å². The van der Waals surface area contributed by atoms with Crippen LogP contribution in [-0.2, 0) is 18.3 Å². The first kappa shape index (κ1) is 19.2. The molecule has 0 saturated carbocycles. The molecule has 2 heterocycles. The van der Waals surface area contributed by atoms with Gasteiger partial charge in [-0.15, -0.1) is 0 Å². The van der Waals surface area contributed by atoms with Gasteiger partial charge in [0.15, 0.2) is 12.4 Å². The van der Waals surface area contributed by atoms with Gasteiger partial charge in [0, 0.05) is 30.4 Å². The second kappa shape index (κ2) is 9.91. The number of carbonyl (C=O) groups excluding carboxylic acids is 1. The molecular weight excluding hydrogens is 336 g/mol. The summed E-state index contributed by atoms with van der Waals surface area (Å²) in [5.74, 6) is -0.227. The van der Waals surface area contributed by atoms with Gasteiger partial charge < -0.3 is 9.30 Å². The molecule has 0 spiro atoms. The summed E-state index contributed by atoms with van der Waals surface area (Å²) in [7, 11) is 1.93. The summed E-state index contributed by atoms with van der Waals surface area (Å²) in [4.78, 5) is 11.9. The topological polar surface area (TPSA) is 35.1 Å².